The molecule has 30 heavy (non-hydrogen) atoms. The summed E-state index contributed by atoms with van der Waals surface area (Å²) in [6, 6.07) is 11.1. The van der Waals surface area contributed by atoms with Crippen LogP contribution in [0.25, 0.3) is 11.0 Å². The number of nitrogens with one attached hydrogen (secondary N) is 1. The van der Waals surface area contributed by atoms with Crippen LogP contribution in [0.15, 0.2) is 36.4 Å². The highest BCUT2D eigenvalue weighted by atomic mass is 32.2. The quantitative estimate of drug-likeness (QED) is 0.452. The number of pyridine rings is 1. The predicted octanol–water partition coefficient (Wildman–Crippen LogP) is 2.76. The van der Waals surface area contributed by atoms with Gasteiger partial charge in [-0.1, -0.05) is 30.3 Å². The molecule has 1 aromatic carbocycles. The minimum atomic E-state index is -3.35. The maximum absolute atomic E-state index is 12.3. The molecule has 9 heteroatoms. The standard InChI is InChI=1S/C21H29N5O3S/c1-3-29-14-19-25-20-18(13-16(2)24-21(20)22)26(19)12-8-7-11-23-30(27,28)15-17-9-5-4-6-10-17/h4-6,9-10,13,23H,3,7-8,11-12,14-15H2,1-2H3,(H2,22,24). The molecule has 0 bridgehead atoms. The van der Waals surface area contributed by atoms with Crippen molar-refractivity contribution in [2.75, 3.05) is 18.9 Å². The van der Waals surface area contributed by atoms with Crippen LogP contribution >= 0.6 is 0 Å². The van der Waals surface area contributed by atoms with Gasteiger partial charge in [0.15, 0.2) is 5.82 Å². The van der Waals surface area contributed by atoms with Crippen LogP contribution in [0.4, 0.5) is 5.82 Å². The molecule has 0 atom stereocenters. The predicted molar refractivity (Wildman–Crippen MR) is 118 cm³/mol. The van der Waals surface area contributed by atoms with Crippen LogP contribution < -0.4 is 10.5 Å². The van der Waals surface area contributed by atoms with Crippen molar-refractivity contribution >= 4 is 26.9 Å². The summed E-state index contributed by atoms with van der Waals surface area (Å²) in [5.74, 6) is 1.20. The van der Waals surface area contributed by atoms with Crippen molar-refractivity contribution in [1.29, 1.82) is 0 Å². The van der Waals surface area contributed by atoms with Gasteiger partial charge in [0, 0.05) is 25.4 Å². The highest BCUT2D eigenvalue weighted by Crippen LogP contribution is 2.23. The lowest BCUT2D eigenvalue weighted by molar-refractivity contribution is 0.126. The second kappa shape index (κ2) is 10.0. The van der Waals surface area contributed by atoms with Crippen molar-refractivity contribution in [1.82, 2.24) is 19.3 Å². The van der Waals surface area contributed by atoms with Crippen molar-refractivity contribution in [2.45, 2.75) is 45.6 Å². The van der Waals surface area contributed by atoms with Gasteiger partial charge in [-0.15, -0.1) is 0 Å². The van der Waals surface area contributed by atoms with Crippen molar-refractivity contribution < 1.29 is 13.2 Å². The number of aryl methyl sites for hydroxylation is 2. The lowest BCUT2D eigenvalue weighted by Crippen LogP contribution is -2.26. The third kappa shape index (κ3) is 5.78. The molecule has 0 saturated carbocycles. The molecule has 3 N–H and O–H groups in total. The fraction of sp³-hybridized carbons (Fsp3) is 0.429. The second-order valence-electron chi connectivity index (χ2n) is 7.18. The van der Waals surface area contributed by atoms with Gasteiger partial charge in [-0.05, 0) is 38.3 Å². The number of nitrogens with two attached hydrogens (primary N) is 1. The summed E-state index contributed by atoms with van der Waals surface area (Å²) in [4.78, 5) is 8.91. The lowest BCUT2D eigenvalue weighted by atomic mass is 10.2. The molecule has 2 heterocycles. The van der Waals surface area contributed by atoms with Crippen molar-refractivity contribution in [3.63, 3.8) is 0 Å². The van der Waals surface area contributed by atoms with Crippen LogP contribution in [-0.2, 0) is 33.7 Å². The van der Waals surface area contributed by atoms with Gasteiger partial charge in [0.2, 0.25) is 10.0 Å². The second-order valence-corrected chi connectivity index (χ2v) is 8.99. The smallest absolute Gasteiger partial charge is 0.215 e. The first-order chi connectivity index (χ1) is 14.4. The van der Waals surface area contributed by atoms with Gasteiger partial charge in [0.1, 0.15) is 17.9 Å². The van der Waals surface area contributed by atoms with Crippen LogP contribution in [0.2, 0.25) is 0 Å². The first kappa shape index (κ1) is 22.2. The highest BCUT2D eigenvalue weighted by molar-refractivity contribution is 7.88. The third-order valence-electron chi connectivity index (χ3n) is 4.74. The molecule has 8 nitrogen and oxygen atoms in total. The number of hydrogen-bond donors (Lipinski definition) is 2. The Kier molecular flexibility index (Phi) is 7.41. The number of benzene rings is 1. The summed E-state index contributed by atoms with van der Waals surface area (Å²) in [5.41, 5.74) is 9.27. The summed E-state index contributed by atoms with van der Waals surface area (Å²) in [7, 11) is -3.35. The van der Waals surface area contributed by atoms with E-state index in [9.17, 15) is 8.42 Å². The van der Waals surface area contributed by atoms with Gasteiger partial charge in [0.05, 0.1) is 11.3 Å². The van der Waals surface area contributed by atoms with Gasteiger partial charge in [-0.2, -0.15) is 0 Å². The lowest BCUT2D eigenvalue weighted by Gasteiger charge is -2.10. The normalized spacial score (nSPS) is 11.9. The van der Waals surface area contributed by atoms with E-state index in [2.05, 4.69) is 19.3 Å². The SMILES string of the molecule is CCOCc1nc2c(N)nc(C)cc2n1CCCCNS(=O)(=O)Cc1ccccc1. The number of fused-ring (bicyclic) bond motifs is 1. The largest absolute Gasteiger partial charge is 0.382 e. The van der Waals surface area contributed by atoms with Crippen molar-refractivity contribution in [2.24, 2.45) is 0 Å². The molecule has 0 radical (unpaired) electrons. The Labute approximate surface area is 177 Å². The Balaban J connectivity index is 1.60. The molecule has 0 aliphatic carbocycles. The Morgan fingerprint density at radius 1 is 1.17 bits per heavy atom. The number of anilines is 1. The van der Waals surface area contributed by atoms with E-state index >= 15 is 0 Å². The van der Waals surface area contributed by atoms with E-state index in [0.717, 1.165) is 29.0 Å². The molecule has 0 amide bonds. The zero-order valence-corrected chi connectivity index (χ0v) is 18.3. The molecular weight excluding hydrogens is 402 g/mol. The van der Waals surface area contributed by atoms with Crippen LogP contribution in [-0.4, -0.2) is 36.1 Å². The van der Waals surface area contributed by atoms with Crippen LogP contribution in [0.5, 0.6) is 0 Å². The number of nitrogen functional groups attached to an aromatic ring is 1. The Morgan fingerprint density at radius 3 is 2.67 bits per heavy atom. The molecule has 2 aromatic heterocycles. The van der Waals surface area contributed by atoms with E-state index in [0.29, 0.717) is 44.1 Å². The molecule has 0 aliphatic rings. The van der Waals surface area contributed by atoms with E-state index in [-0.39, 0.29) is 5.75 Å². The Morgan fingerprint density at radius 2 is 1.93 bits per heavy atom. The summed E-state index contributed by atoms with van der Waals surface area (Å²) in [6.45, 7) is 5.92. The van der Waals surface area contributed by atoms with Gasteiger partial charge in [0.25, 0.3) is 0 Å². The summed E-state index contributed by atoms with van der Waals surface area (Å²) < 4.78 is 34.8. The summed E-state index contributed by atoms with van der Waals surface area (Å²) >= 11 is 0. The van der Waals surface area contributed by atoms with Crippen LogP contribution in [0.1, 0.15) is 36.8 Å². The van der Waals surface area contributed by atoms with Gasteiger partial charge in [-0.25, -0.2) is 23.1 Å². The first-order valence-corrected chi connectivity index (χ1v) is 11.8. The molecule has 3 rings (SSSR count). The van der Waals surface area contributed by atoms with E-state index < -0.39 is 10.0 Å². The number of ether oxygens (including phenoxy) is 1. The average molecular weight is 432 g/mol. The minimum absolute atomic E-state index is 0.00986. The molecule has 0 unspecified atom stereocenters. The fourth-order valence-corrected chi connectivity index (χ4v) is 4.53. The molecule has 0 spiro atoms. The molecule has 0 saturated heterocycles. The first-order valence-electron chi connectivity index (χ1n) is 10.1. The van der Waals surface area contributed by atoms with Crippen molar-refractivity contribution in [3.8, 4) is 0 Å². The number of aromatic nitrogens is 3. The maximum Gasteiger partial charge on any atom is 0.215 e. The number of imidazole rings is 1. The molecule has 0 fully saturated rings. The minimum Gasteiger partial charge on any atom is -0.382 e. The fourth-order valence-electron chi connectivity index (χ4n) is 3.34. The molecule has 3 aromatic rings. The number of sulfonamides is 1. The zero-order chi connectivity index (χ0) is 21.6. The molecule has 162 valence electrons. The number of hydrogen-bond acceptors (Lipinski definition) is 6. The molecule has 0 aliphatic heterocycles. The van der Waals surface area contributed by atoms with Gasteiger partial charge >= 0.3 is 0 Å². The topological polar surface area (TPSA) is 112 Å². The van der Waals surface area contributed by atoms with Crippen LogP contribution in [0.3, 0.4) is 0 Å². The number of unbranched alkanes of at least 4 members (excludes halogenated alkanes) is 1. The monoisotopic (exact) mass is 431 g/mol. The average Bonchev–Trinajstić information content (AvgIpc) is 3.04. The Bertz CT molecular complexity index is 1080. The number of rotatable bonds is 11. The van der Waals surface area contributed by atoms with Crippen molar-refractivity contribution in [3.05, 3.63) is 53.5 Å². The summed E-state index contributed by atoms with van der Waals surface area (Å²) in [5, 5.41) is 0. The zero-order valence-electron chi connectivity index (χ0n) is 17.5. The molecular formula is C21H29N5O3S. The van der Waals surface area contributed by atoms with Crippen LogP contribution in [0, 0.1) is 6.92 Å². The third-order valence-corrected chi connectivity index (χ3v) is 6.09. The van der Waals surface area contributed by atoms with E-state index in [1.807, 2.05) is 50.2 Å². The number of nitrogens with zero attached hydrogens (tertiary/aromatic N) is 3. The van der Waals surface area contributed by atoms with E-state index in [1.54, 1.807) is 0 Å². The van der Waals surface area contributed by atoms with Gasteiger partial charge < -0.3 is 15.0 Å². The van der Waals surface area contributed by atoms with Gasteiger partial charge in [-0.3, -0.25) is 0 Å². The maximum atomic E-state index is 12.3. The highest BCUT2D eigenvalue weighted by Gasteiger charge is 2.15. The van der Waals surface area contributed by atoms with E-state index in [1.165, 1.54) is 0 Å². The summed E-state index contributed by atoms with van der Waals surface area (Å²) in [6.07, 6.45) is 1.50. The Hall–Kier alpha value is -2.49. The van der Waals surface area contributed by atoms with E-state index in [4.69, 9.17) is 10.5 Å².